The van der Waals surface area contributed by atoms with Crippen LogP contribution in [0.3, 0.4) is 0 Å². The first kappa shape index (κ1) is 65.8. The van der Waals surface area contributed by atoms with Crippen molar-refractivity contribution in [1.82, 2.24) is 39.0 Å². The molecule has 0 aliphatic rings. The molecule has 0 spiro atoms. The first-order chi connectivity index (χ1) is 55.0. The minimum Gasteiger partial charge on any atom is -0.309 e. The highest BCUT2D eigenvalue weighted by Crippen LogP contribution is 2.45. The molecule has 5 aromatic heterocycles. The molecule has 0 amide bonds. The lowest BCUT2D eigenvalue weighted by Gasteiger charge is -2.12. The van der Waals surface area contributed by atoms with Gasteiger partial charge in [-0.1, -0.05) is 309 Å². The van der Waals surface area contributed by atoms with Crippen molar-refractivity contribution in [2.24, 2.45) is 0 Å². The zero-order valence-corrected chi connectivity index (χ0v) is 60.9. The fraction of sp³-hybridized carbons (Fsp3) is 0. The Morgan fingerprint density at radius 2 is 0.477 bits per heavy atom. The summed E-state index contributed by atoms with van der Waals surface area (Å²) in [6, 6.07) is 141. The fourth-order valence-corrected chi connectivity index (χ4v) is 16.7. The van der Waals surface area contributed by atoms with E-state index < -0.39 is 0 Å². The Balaban J connectivity index is 0.000000145. The lowest BCUT2D eigenvalue weighted by molar-refractivity contribution is 1.07. The van der Waals surface area contributed by atoms with Crippen molar-refractivity contribution in [2.45, 2.75) is 0 Å². The normalized spacial score (nSPS) is 11.4. The van der Waals surface area contributed by atoms with Gasteiger partial charge in [0.05, 0.1) is 22.1 Å². The number of hydrogen-bond acceptors (Lipinski definition) is 7. The zero-order valence-electron chi connectivity index (χ0n) is 60.1. The van der Waals surface area contributed by atoms with Crippen LogP contribution in [0.15, 0.2) is 400 Å². The summed E-state index contributed by atoms with van der Waals surface area (Å²) in [5, 5.41) is 7.41. The summed E-state index contributed by atoms with van der Waals surface area (Å²) >= 11 is 1.85. The number of aromatic nitrogens is 8. The maximum atomic E-state index is 5.05. The van der Waals surface area contributed by atoms with Crippen molar-refractivity contribution in [3.05, 3.63) is 400 Å². The molecule has 0 atom stereocenters. The minimum atomic E-state index is 0.633. The number of hydrogen-bond donors (Lipinski definition) is 0. The molecule has 21 aromatic rings. The van der Waals surface area contributed by atoms with E-state index in [0.29, 0.717) is 34.9 Å². The lowest BCUT2D eigenvalue weighted by Crippen LogP contribution is -2.00. The van der Waals surface area contributed by atoms with E-state index in [-0.39, 0.29) is 0 Å². The van der Waals surface area contributed by atoms with Crippen LogP contribution in [0.25, 0.3) is 199 Å². The summed E-state index contributed by atoms with van der Waals surface area (Å²) in [6.07, 6.45) is 0. The van der Waals surface area contributed by atoms with Gasteiger partial charge in [-0.3, -0.25) is 0 Å². The topological polar surface area (TPSA) is 87.2 Å². The number of benzene rings is 16. The van der Waals surface area contributed by atoms with Crippen LogP contribution in [0.5, 0.6) is 0 Å². The zero-order chi connectivity index (χ0) is 73.6. The maximum Gasteiger partial charge on any atom is 0.164 e. The molecule has 9 heteroatoms. The van der Waals surface area contributed by atoms with Gasteiger partial charge in [0.15, 0.2) is 34.9 Å². The third kappa shape index (κ3) is 12.5. The Morgan fingerprint density at radius 3 is 0.937 bits per heavy atom. The van der Waals surface area contributed by atoms with E-state index >= 15 is 0 Å². The van der Waals surface area contributed by atoms with Gasteiger partial charge >= 0.3 is 0 Å². The first-order valence-electron chi connectivity index (χ1n) is 37.3. The van der Waals surface area contributed by atoms with Crippen molar-refractivity contribution in [3.8, 4) is 135 Å². The van der Waals surface area contributed by atoms with Gasteiger partial charge in [0.25, 0.3) is 0 Å². The molecule has 0 bridgehead atoms. The van der Waals surface area contributed by atoms with Gasteiger partial charge in [-0.2, -0.15) is 0 Å². The van der Waals surface area contributed by atoms with Crippen LogP contribution >= 0.6 is 11.3 Å². The smallest absolute Gasteiger partial charge is 0.164 e. The second kappa shape index (κ2) is 28.6. The van der Waals surface area contributed by atoms with Crippen LogP contribution in [0.4, 0.5) is 0 Å². The van der Waals surface area contributed by atoms with Gasteiger partial charge < -0.3 is 9.13 Å². The Bertz CT molecular complexity index is 6930. The fourth-order valence-electron chi connectivity index (χ4n) is 15.6. The first-order valence-corrected chi connectivity index (χ1v) is 38.1. The van der Waals surface area contributed by atoms with Crippen LogP contribution in [-0.4, -0.2) is 39.0 Å². The van der Waals surface area contributed by atoms with Gasteiger partial charge in [-0.25, -0.2) is 29.9 Å². The van der Waals surface area contributed by atoms with E-state index in [1.807, 2.05) is 133 Å². The quantitative estimate of drug-likeness (QED) is 0.114. The molecule has 0 fully saturated rings. The van der Waals surface area contributed by atoms with Gasteiger partial charge in [0.1, 0.15) is 0 Å². The summed E-state index contributed by atoms with van der Waals surface area (Å²) in [6.45, 7) is 0. The van der Waals surface area contributed by atoms with Crippen molar-refractivity contribution in [1.29, 1.82) is 0 Å². The molecule has 0 unspecified atom stereocenters. The Kier molecular flexibility index (Phi) is 17.0. The van der Waals surface area contributed by atoms with E-state index in [1.165, 1.54) is 75.1 Å². The van der Waals surface area contributed by atoms with E-state index in [0.717, 1.165) is 89.1 Å². The van der Waals surface area contributed by atoms with Gasteiger partial charge in [-0.15, -0.1) is 11.3 Å². The van der Waals surface area contributed by atoms with Crippen molar-refractivity contribution < 1.29 is 0 Å². The van der Waals surface area contributed by atoms with Crippen LogP contribution in [0.1, 0.15) is 0 Å². The molecule has 0 aliphatic carbocycles. The van der Waals surface area contributed by atoms with Crippen molar-refractivity contribution in [2.75, 3.05) is 0 Å². The van der Waals surface area contributed by atoms with E-state index in [4.69, 9.17) is 29.9 Å². The molecule has 0 saturated carbocycles. The molecule has 0 N–H and O–H groups in total. The van der Waals surface area contributed by atoms with Crippen molar-refractivity contribution in [3.63, 3.8) is 0 Å². The number of para-hydroxylation sites is 1. The predicted octanol–water partition coefficient (Wildman–Crippen LogP) is 26.6. The maximum absolute atomic E-state index is 5.05. The number of thiophene rings is 1. The monoisotopic (exact) mass is 1430 g/mol. The molecular weight excluding hydrogens is 1370 g/mol. The minimum absolute atomic E-state index is 0.633. The highest BCUT2D eigenvalue weighted by Gasteiger charge is 2.23. The van der Waals surface area contributed by atoms with Crippen LogP contribution in [0, 0.1) is 0 Å². The Labute approximate surface area is 645 Å². The highest BCUT2D eigenvalue weighted by molar-refractivity contribution is 7.25. The van der Waals surface area contributed by atoms with Gasteiger partial charge in [0, 0.05) is 86.5 Å². The molecule has 0 aliphatic heterocycles. The number of nitrogens with zero attached hydrogens (tertiary/aromatic N) is 8. The SMILES string of the molecule is c1ccc(-c2cccc(-n3c4ccc(-c5ccccc5)cc4c4c(-c5cccc(-c6nc(-c7ccccc7)nc(-c7ccccc7)n6)c5)cccc43)c2)cc1.c1ccc(-c2nc(-c3ccccc3)nc(-c3cccc(-c4cccc5c4c4cc(-c6ccc7sc8ccccc8c7c6)ccc4n5-c4ccccc4)c3)n2)cc1. The summed E-state index contributed by atoms with van der Waals surface area (Å²) in [5.41, 5.74) is 24.1. The van der Waals surface area contributed by atoms with Crippen LogP contribution in [-0.2, 0) is 0 Å². The Hall–Kier alpha value is -14.6. The van der Waals surface area contributed by atoms with Crippen molar-refractivity contribution >= 4 is 75.1 Å². The molecule has 111 heavy (non-hydrogen) atoms. The molecule has 16 aromatic carbocycles. The third-order valence-corrected chi connectivity index (χ3v) is 22.0. The highest BCUT2D eigenvalue weighted by atomic mass is 32.1. The second-order valence-corrected chi connectivity index (χ2v) is 28.8. The predicted molar refractivity (Wildman–Crippen MR) is 461 cm³/mol. The largest absolute Gasteiger partial charge is 0.309 e. The average Bonchev–Trinajstić information content (AvgIpc) is 1.55. The molecule has 5 heterocycles. The summed E-state index contributed by atoms with van der Waals surface area (Å²) < 4.78 is 7.42. The number of rotatable bonds is 13. The van der Waals surface area contributed by atoms with Gasteiger partial charge in [-0.05, 0) is 147 Å². The van der Waals surface area contributed by atoms with E-state index in [1.54, 1.807) is 0 Å². The summed E-state index contributed by atoms with van der Waals surface area (Å²) in [4.78, 5) is 30.0. The second-order valence-electron chi connectivity index (χ2n) is 27.7. The number of fused-ring (bicyclic) bond motifs is 9. The molecule has 0 radical (unpaired) electrons. The van der Waals surface area contributed by atoms with Crippen LogP contribution < -0.4 is 0 Å². The molecular formula is C102H66N8S. The Morgan fingerprint density at radius 1 is 0.171 bits per heavy atom. The molecule has 520 valence electrons. The van der Waals surface area contributed by atoms with E-state index in [2.05, 4.69) is 288 Å². The van der Waals surface area contributed by atoms with E-state index in [9.17, 15) is 0 Å². The molecule has 21 rings (SSSR count). The standard InChI is InChI=1S/C51H32N4S.C51H34N4/c1-4-14-33(15-5-1)49-52-50(34-16-6-2-7-17-34)54-51(53-49)38-19-12-18-37(30-38)40-23-13-24-45-48(40)43-32-35(26-28-44(43)55(45)39-20-8-3-9-21-39)36-27-29-47-42(31-36)41-22-10-11-25-46(41)56-47;1-5-16-35(17-6-1)39-24-14-27-43(33-39)55-46-31-30-40(36-18-7-2-8-19-36)34-45(46)48-44(28-15-29-47(48)55)41-25-13-26-42(32-41)51-53-49(37-20-9-3-10-21-37)52-50(54-51)38-22-11-4-12-23-38/h1-32H;1-34H. The molecule has 8 nitrogen and oxygen atoms in total. The lowest BCUT2D eigenvalue weighted by atomic mass is 9.96. The summed E-state index contributed by atoms with van der Waals surface area (Å²) in [7, 11) is 0. The van der Waals surface area contributed by atoms with Crippen LogP contribution in [0.2, 0.25) is 0 Å². The molecule has 0 saturated heterocycles. The van der Waals surface area contributed by atoms with Gasteiger partial charge in [0.2, 0.25) is 0 Å². The average molecular weight is 1440 g/mol. The third-order valence-electron chi connectivity index (χ3n) is 20.9. The summed E-state index contributed by atoms with van der Waals surface area (Å²) in [5.74, 6) is 3.85.